The van der Waals surface area contributed by atoms with Crippen molar-refractivity contribution in [2.24, 2.45) is 11.7 Å². The van der Waals surface area contributed by atoms with Crippen molar-refractivity contribution in [2.45, 2.75) is 19.4 Å². The molecule has 0 bridgehead atoms. The van der Waals surface area contributed by atoms with Crippen LogP contribution in [-0.4, -0.2) is 34.9 Å². The third-order valence-corrected chi connectivity index (χ3v) is 3.16. The normalized spacial score (nSPS) is 19.7. The maximum absolute atomic E-state index is 12.1. The van der Waals surface area contributed by atoms with Gasteiger partial charge in [-0.25, -0.2) is 0 Å². The summed E-state index contributed by atoms with van der Waals surface area (Å²) in [6, 6.07) is 3.74. The second-order valence-electron chi connectivity index (χ2n) is 4.40. The Kier molecular flexibility index (Phi) is 7.21. The van der Waals surface area contributed by atoms with Crippen molar-refractivity contribution in [2.75, 3.05) is 13.1 Å². The van der Waals surface area contributed by atoms with Crippen molar-refractivity contribution >= 4 is 30.7 Å². The lowest BCUT2D eigenvalue weighted by Crippen LogP contribution is -2.33. The predicted molar refractivity (Wildman–Crippen MR) is 76.4 cm³/mol. The molecule has 1 amide bonds. The Bertz CT molecular complexity index is 373. The van der Waals surface area contributed by atoms with Gasteiger partial charge >= 0.3 is 0 Å². The Morgan fingerprint density at radius 2 is 2.28 bits per heavy atom. The van der Waals surface area contributed by atoms with Gasteiger partial charge in [-0.05, 0) is 31.4 Å². The van der Waals surface area contributed by atoms with Gasteiger partial charge in [-0.2, -0.15) is 0 Å². The first-order chi connectivity index (χ1) is 7.68. The van der Waals surface area contributed by atoms with Gasteiger partial charge in [0.1, 0.15) is 0 Å². The van der Waals surface area contributed by atoms with Gasteiger partial charge in [-0.1, -0.05) is 0 Å². The Morgan fingerprint density at radius 1 is 1.56 bits per heavy atom. The number of rotatable bonds is 2. The second kappa shape index (κ2) is 7.56. The van der Waals surface area contributed by atoms with Crippen molar-refractivity contribution < 1.29 is 4.79 Å². The number of hydrogen-bond acceptors (Lipinski definition) is 3. The molecule has 0 saturated carbocycles. The lowest BCUT2D eigenvalue weighted by atomic mass is 10.0. The largest absolute Gasteiger partial charge is 0.338 e. The molecular formula is C12H19Cl2N3O. The summed E-state index contributed by atoms with van der Waals surface area (Å²) < 4.78 is 0. The molecule has 18 heavy (non-hydrogen) atoms. The van der Waals surface area contributed by atoms with Crippen LogP contribution in [0.15, 0.2) is 24.5 Å². The number of aromatic nitrogens is 1. The minimum Gasteiger partial charge on any atom is -0.338 e. The van der Waals surface area contributed by atoms with Crippen LogP contribution in [-0.2, 0) is 0 Å². The van der Waals surface area contributed by atoms with Crippen LogP contribution in [0.5, 0.6) is 0 Å². The molecule has 2 heterocycles. The molecule has 1 aliphatic rings. The SMILES string of the molecule is CC(N)C1CCN(C(=O)c2cccnc2)C1.Cl.Cl. The van der Waals surface area contributed by atoms with Crippen LogP contribution < -0.4 is 5.73 Å². The number of nitrogens with zero attached hydrogens (tertiary/aromatic N) is 2. The summed E-state index contributed by atoms with van der Waals surface area (Å²) in [5.74, 6) is 0.497. The van der Waals surface area contributed by atoms with Gasteiger partial charge in [-0.15, -0.1) is 24.8 Å². The first-order valence-corrected chi connectivity index (χ1v) is 5.63. The Labute approximate surface area is 120 Å². The molecule has 2 N–H and O–H groups in total. The minimum absolute atomic E-state index is 0. The Hall–Kier alpha value is -0.840. The van der Waals surface area contributed by atoms with Crippen molar-refractivity contribution in [3.05, 3.63) is 30.1 Å². The molecule has 0 spiro atoms. The van der Waals surface area contributed by atoms with E-state index in [1.54, 1.807) is 24.5 Å². The minimum atomic E-state index is 0. The highest BCUT2D eigenvalue weighted by atomic mass is 35.5. The van der Waals surface area contributed by atoms with Gasteiger partial charge in [0.25, 0.3) is 5.91 Å². The summed E-state index contributed by atoms with van der Waals surface area (Å²) in [5, 5.41) is 0. The van der Waals surface area contributed by atoms with E-state index >= 15 is 0 Å². The van der Waals surface area contributed by atoms with E-state index in [1.165, 1.54) is 0 Å². The average Bonchev–Trinajstić information content (AvgIpc) is 2.78. The number of hydrogen-bond donors (Lipinski definition) is 1. The smallest absolute Gasteiger partial charge is 0.255 e. The second-order valence-corrected chi connectivity index (χ2v) is 4.40. The number of nitrogens with two attached hydrogens (primary N) is 1. The van der Waals surface area contributed by atoms with Gasteiger partial charge in [0.15, 0.2) is 0 Å². The maximum atomic E-state index is 12.1. The molecule has 1 aromatic heterocycles. The van der Waals surface area contributed by atoms with E-state index in [2.05, 4.69) is 4.98 Å². The number of carbonyl (C=O) groups is 1. The maximum Gasteiger partial charge on any atom is 0.255 e. The van der Waals surface area contributed by atoms with E-state index in [0.29, 0.717) is 11.5 Å². The molecule has 1 aromatic rings. The van der Waals surface area contributed by atoms with Crippen LogP contribution in [0.2, 0.25) is 0 Å². The van der Waals surface area contributed by atoms with Crippen LogP contribution in [0.3, 0.4) is 0 Å². The monoisotopic (exact) mass is 291 g/mol. The first kappa shape index (κ1) is 17.2. The number of amides is 1. The van der Waals surface area contributed by atoms with E-state index in [9.17, 15) is 4.79 Å². The van der Waals surface area contributed by atoms with Gasteiger partial charge in [0.05, 0.1) is 5.56 Å². The quantitative estimate of drug-likeness (QED) is 0.903. The zero-order valence-corrected chi connectivity index (χ0v) is 11.9. The van der Waals surface area contributed by atoms with Crippen molar-refractivity contribution in [1.82, 2.24) is 9.88 Å². The van der Waals surface area contributed by atoms with Crippen molar-refractivity contribution in [3.8, 4) is 0 Å². The Morgan fingerprint density at radius 3 is 2.78 bits per heavy atom. The molecule has 2 unspecified atom stereocenters. The number of halogens is 2. The van der Waals surface area contributed by atoms with Crippen molar-refractivity contribution in [3.63, 3.8) is 0 Å². The van der Waals surface area contributed by atoms with Crippen LogP contribution in [0.25, 0.3) is 0 Å². The zero-order valence-electron chi connectivity index (χ0n) is 10.3. The number of carbonyl (C=O) groups excluding carboxylic acids is 1. The molecule has 0 aromatic carbocycles. The van der Waals surface area contributed by atoms with E-state index in [4.69, 9.17) is 5.73 Å². The molecule has 1 saturated heterocycles. The average molecular weight is 292 g/mol. The molecule has 4 nitrogen and oxygen atoms in total. The van der Waals surface area contributed by atoms with Gasteiger partial charge in [0, 0.05) is 31.5 Å². The highest BCUT2D eigenvalue weighted by molar-refractivity contribution is 5.94. The lowest BCUT2D eigenvalue weighted by molar-refractivity contribution is 0.0785. The summed E-state index contributed by atoms with van der Waals surface area (Å²) >= 11 is 0. The van der Waals surface area contributed by atoms with E-state index < -0.39 is 0 Å². The van der Waals surface area contributed by atoms with E-state index in [-0.39, 0.29) is 36.8 Å². The van der Waals surface area contributed by atoms with E-state index in [0.717, 1.165) is 19.5 Å². The number of pyridine rings is 1. The third-order valence-electron chi connectivity index (χ3n) is 3.16. The molecular weight excluding hydrogens is 273 g/mol. The molecule has 0 radical (unpaired) electrons. The van der Waals surface area contributed by atoms with Crippen molar-refractivity contribution in [1.29, 1.82) is 0 Å². The lowest BCUT2D eigenvalue weighted by Gasteiger charge is -2.17. The standard InChI is InChI=1S/C12H17N3O.2ClH/c1-9(13)11-4-6-15(8-11)12(16)10-3-2-5-14-7-10;;/h2-3,5,7,9,11H,4,6,8,13H2,1H3;2*1H. The predicted octanol–water partition coefficient (Wildman–Crippen LogP) is 1.73. The van der Waals surface area contributed by atoms with Crippen LogP contribution in [0.1, 0.15) is 23.7 Å². The Balaban J connectivity index is 0.00000144. The van der Waals surface area contributed by atoms with Crippen LogP contribution >= 0.6 is 24.8 Å². The fraction of sp³-hybridized carbons (Fsp3) is 0.500. The summed E-state index contributed by atoms with van der Waals surface area (Å²) in [7, 11) is 0. The molecule has 102 valence electrons. The van der Waals surface area contributed by atoms with Gasteiger partial charge in [0.2, 0.25) is 0 Å². The van der Waals surface area contributed by atoms with Crippen LogP contribution in [0, 0.1) is 5.92 Å². The summed E-state index contributed by atoms with van der Waals surface area (Å²) in [6.45, 7) is 3.58. The van der Waals surface area contributed by atoms with E-state index in [1.807, 2.05) is 11.8 Å². The summed E-state index contributed by atoms with van der Waals surface area (Å²) in [5.41, 5.74) is 6.51. The summed E-state index contributed by atoms with van der Waals surface area (Å²) in [4.78, 5) is 17.9. The molecule has 0 aliphatic carbocycles. The van der Waals surface area contributed by atoms with Gasteiger partial charge in [-0.3, -0.25) is 9.78 Å². The topological polar surface area (TPSA) is 59.2 Å². The number of likely N-dealkylation sites (tertiary alicyclic amines) is 1. The highest BCUT2D eigenvalue weighted by Crippen LogP contribution is 2.20. The molecule has 1 aliphatic heterocycles. The molecule has 1 fully saturated rings. The molecule has 2 atom stereocenters. The fourth-order valence-electron chi connectivity index (χ4n) is 2.07. The third kappa shape index (κ3) is 3.83. The molecule has 2 rings (SSSR count). The van der Waals surface area contributed by atoms with Crippen LogP contribution in [0.4, 0.5) is 0 Å². The highest BCUT2D eigenvalue weighted by Gasteiger charge is 2.28. The summed E-state index contributed by atoms with van der Waals surface area (Å²) in [6.07, 6.45) is 4.29. The first-order valence-electron chi connectivity index (χ1n) is 5.63. The molecule has 6 heteroatoms. The zero-order chi connectivity index (χ0) is 11.5. The van der Waals surface area contributed by atoms with Gasteiger partial charge < -0.3 is 10.6 Å². The fourth-order valence-corrected chi connectivity index (χ4v) is 2.07.